The van der Waals surface area contributed by atoms with E-state index in [9.17, 15) is 13.2 Å². The fraction of sp³-hybridized carbons (Fsp3) is 0.462. The van der Waals surface area contributed by atoms with Crippen molar-refractivity contribution in [2.75, 3.05) is 19.9 Å². The Morgan fingerprint density at radius 1 is 1.40 bits per heavy atom. The van der Waals surface area contributed by atoms with E-state index in [0.29, 0.717) is 17.7 Å². The lowest BCUT2D eigenvalue weighted by molar-refractivity contribution is 0.0936. The molecule has 0 fully saturated rings. The summed E-state index contributed by atoms with van der Waals surface area (Å²) in [5.41, 5.74) is 0.474. The summed E-state index contributed by atoms with van der Waals surface area (Å²) in [5.74, 6) is 0.339. The molecule has 0 saturated heterocycles. The van der Waals surface area contributed by atoms with Crippen LogP contribution in [0.5, 0.6) is 5.75 Å². The van der Waals surface area contributed by atoms with Crippen LogP contribution in [0, 0.1) is 0 Å². The first kappa shape index (κ1) is 16.5. The second-order valence-corrected chi connectivity index (χ2v) is 6.26. The molecule has 0 spiro atoms. The van der Waals surface area contributed by atoms with Gasteiger partial charge in [0.15, 0.2) is 0 Å². The number of nitrogens with one attached hydrogen (secondary N) is 2. The third kappa shape index (κ3) is 5.58. The lowest BCUT2D eigenvalue weighted by Gasteiger charge is -2.17. The fourth-order valence-corrected chi connectivity index (χ4v) is 2.09. The molecule has 6 nitrogen and oxygen atoms in total. The Hall–Kier alpha value is -1.60. The smallest absolute Gasteiger partial charge is 0.251 e. The van der Waals surface area contributed by atoms with Crippen molar-refractivity contribution >= 4 is 15.9 Å². The summed E-state index contributed by atoms with van der Waals surface area (Å²) in [6.07, 6.45) is 1.71. The Labute approximate surface area is 119 Å². The molecule has 0 bridgehead atoms. The Bertz CT molecular complexity index is 557. The molecule has 1 atom stereocenters. The molecule has 1 aromatic carbocycles. The average molecular weight is 300 g/mol. The van der Waals surface area contributed by atoms with Gasteiger partial charge in [-0.05, 0) is 24.6 Å². The molecule has 1 rings (SSSR count). The van der Waals surface area contributed by atoms with E-state index in [4.69, 9.17) is 4.74 Å². The summed E-state index contributed by atoms with van der Waals surface area (Å²) in [6, 6.07) is 6.52. The molecule has 7 heteroatoms. The lowest BCUT2D eigenvalue weighted by atomic mass is 10.1. The zero-order valence-electron chi connectivity index (χ0n) is 11.8. The van der Waals surface area contributed by atoms with E-state index >= 15 is 0 Å². The summed E-state index contributed by atoms with van der Waals surface area (Å²) >= 11 is 0. The molecule has 0 saturated carbocycles. The van der Waals surface area contributed by atoms with Gasteiger partial charge in [-0.2, -0.15) is 0 Å². The standard InChI is InChI=1S/C13H20N2O4S/c1-4-11(9-14-20(3,17)18)15-13(16)10-6-5-7-12(8-10)19-2/h5-8,11,14H,4,9H2,1-3H3,(H,15,16)/t11-/m0/s1. The number of amides is 1. The van der Waals surface area contributed by atoms with Gasteiger partial charge in [-0.3, -0.25) is 4.79 Å². The molecule has 1 aromatic rings. The van der Waals surface area contributed by atoms with Crippen molar-refractivity contribution < 1.29 is 17.9 Å². The summed E-state index contributed by atoms with van der Waals surface area (Å²) in [7, 11) is -1.73. The topological polar surface area (TPSA) is 84.5 Å². The van der Waals surface area contributed by atoms with Gasteiger partial charge in [0.25, 0.3) is 5.91 Å². The zero-order chi connectivity index (χ0) is 15.2. The minimum atomic E-state index is -3.26. The predicted octanol–water partition coefficient (Wildman–Crippen LogP) is 0.753. The number of benzene rings is 1. The van der Waals surface area contributed by atoms with E-state index in [-0.39, 0.29) is 18.5 Å². The summed E-state index contributed by atoms with van der Waals surface area (Å²) in [4.78, 5) is 12.1. The van der Waals surface area contributed by atoms with Gasteiger partial charge in [0, 0.05) is 18.2 Å². The van der Waals surface area contributed by atoms with Crippen molar-refractivity contribution in [1.82, 2.24) is 10.0 Å². The molecule has 112 valence electrons. The van der Waals surface area contributed by atoms with Gasteiger partial charge in [-0.1, -0.05) is 13.0 Å². The van der Waals surface area contributed by atoms with Crippen molar-refractivity contribution in [1.29, 1.82) is 0 Å². The molecule has 0 aliphatic heterocycles. The van der Waals surface area contributed by atoms with Crippen LogP contribution in [0.1, 0.15) is 23.7 Å². The quantitative estimate of drug-likeness (QED) is 0.778. The minimum absolute atomic E-state index is 0.172. The Morgan fingerprint density at radius 2 is 2.10 bits per heavy atom. The number of ether oxygens (including phenoxy) is 1. The highest BCUT2D eigenvalue weighted by molar-refractivity contribution is 7.88. The molecule has 0 heterocycles. The van der Waals surface area contributed by atoms with E-state index in [1.807, 2.05) is 6.92 Å². The Balaban J connectivity index is 2.66. The highest BCUT2D eigenvalue weighted by Crippen LogP contribution is 2.12. The van der Waals surface area contributed by atoms with Crippen LogP contribution in [0.2, 0.25) is 0 Å². The second kappa shape index (κ2) is 7.25. The molecular weight excluding hydrogens is 280 g/mol. The van der Waals surface area contributed by atoms with Crippen LogP contribution in [-0.2, 0) is 10.0 Å². The average Bonchev–Trinajstić information content (AvgIpc) is 2.42. The van der Waals surface area contributed by atoms with Crippen molar-refractivity contribution in [3.8, 4) is 5.75 Å². The van der Waals surface area contributed by atoms with Crippen molar-refractivity contribution in [3.63, 3.8) is 0 Å². The number of carbonyl (C=O) groups is 1. The number of rotatable bonds is 7. The third-order valence-corrected chi connectivity index (χ3v) is 3.44. The van der Waals surface area contributed by atoms with Crippen LogP contribution in [0.25, 0.3) is 0 Å². The number of sulfonamides is 1. The van der Waals surface area contributed by atoms with Gasteiger partial charge in [0.1, 0.15) is 5.75 Å². The third-order valence-electron chi connectivity index (χ3n) is 2.75. The highest BCUT2D eigenvalue weighted by Gasteiger charge is 2.14. The highest BCUT2D eigenvalue weighted by atomic mass is 32.2. The van der Waals surface area contributed by atoms with Crippen molar-refractivity contribution in [2.24, 2.45) is 0 Å². The monoisotopic (exact) mass is 300 g/mol. The van der Waals surface area contributed by atoms with Crippen LogP contribution in [0.4, 0.5) is 0 Å². The predicted molar refractivity (Wildman–Crippen MR) is 77.4 cm³/mol. The molecule has 20 heavy (non-hydrogen) atoms. The summed E-state index contributed by atoms with van der Waals surface area (Å²) in [6.45, 7) is 2.05. The van der Waals surface area contributed by atoms with Gasteiger partial charge >= 0.3 is 0 Å². The number of hydrogen-bond donors (Lipinski definition) is 2. The van der Waals surface area contributed by atoms with Gasteiger partial charge in [0.2, 0.25) is 10.0 Å². The molecule has 0 aliphatic rings. The van der Waals surface area contributed by atoms with E-state index in [1.165, 1.54) is 7.11 Å². The van der Waals surface area contributed by atoms with Crippen molar-refractivity contribution in [2.45, 2.75) is 19.4 Å². The number of hydrogen-bond acceptors (Lipinski definition) is 4. The van der Waals surface area contributed by atoms with E-state index in [1.54, 1.807) is 24.3 Å². The lowest BCUT2D eigenvalue weighted by Crippen LogP contribution is -2.43. The number of carbonyl (C=O) groups excluding carboxylic acids is 1. The van der Waals surface area contributed by atoms with Crippen LogP contribution >= 0.6 is 0 Å². The first-order chi connectivity index (χ1) is 9.35. The Morgan fingerprint density at radius 3 is 2.65 bits per heavy atom. The molecule has 0 aromatic heterocycles. The fourth-order valence-electron chi connectivity index (χ4n) is 1.58. The van der Waals surface area contributed by atoms with Crippen molar-refractivity contribution in [3.05, 3.63) is 29.8 Å². The molecule has 1 amide bonds. The first-order valence-corrected chi connectivity index (χ1v) is 8.14. The maximum atomic E-state index is 12.1. The maximum Gasteiger partial charge on any atom is 0.251 e. The largest absolute Gasteiger partial charge is 0.497 e. The van der Waals surface area contributed by atoms with Crippen LogP contribution < -0.4 is 14.8 Å². The number of methoxy groups -OCH3 is 1. The summed E-state index contributed by atoms with van der Waals surface area (Å²) in [5, 5.41) is 2.79. The van der Waals surface area contributed by atoms with Gasteiger partial charge < -0.3 is 10.1 Å². The van der Waals surface area contributed by atoms with E-state index in [2.05, 4.69) is 10.0 Å². The SMILES string of the molecule is CC[C@@H](CNS(C)(=O)=O)NC(=O)c1cccc(OC)c1. The van der Waals surface area contributed by atoms with E-state index < -0.39 is 10.0 Å². The normalized spacial score (nSPS) is 12.8. The molecule has 0 unspecified atom stereocenters. The van der Waals surface area contributed by atoms with Crippen LogP contribution in [0.15, 0.2) is 24.3 Å². The molecule has 0 aliphatic carbocycles. The summed E-state index contributed by atoms with van der Waals surface area (Å²) < 4.78 is 29.5. The van der Waals surface area contributed by atoms with Gasteiger partial charge in [-0.25, -0.2) is 13.1 Å². The molecular formula is C13H20N2O4S. The van der Waals surface area contributed by atoms with E-state index in [0.717, 1.165) is 6.26 Å². The Kier molecular flexibility index (Phi) is 5.97. The van der Waals surface area contributed by atoms with Gasteiger partial charge in [0.05, 0.1) is 13.4 Å². The second-order valence-electron chi connectivity index (χ2n) is 4.43. The minimum Gasteiger partial charge on any atom is -0.497 e. The van der Waals surface area contributed by atoms with Gasteiger partial charge in [-0.15, -0.1) is 0 Å². The molecule has 2 N–H and O–H groups in total. The van der Waals surface area contributed by atoms with Crippen LogP contribution in [-0.4, -0.2) is 40.3 Å². The maximum absolute atomic E-state index is 12.1. The first-order valence-electron chi connectivity index (χ1n) is 6.25. The zero-order valence-corrected chi connectivity index (χ0v) is 12.7. The molecule has 0 radical (unpaired) electrons. The van der Waals surface area contributed by atoms with Crippen LogP contribution in [0.3, 0.4) is 0 Å².